The molecule has 3 N–H and O–H groups in total. The summed E-state index contributed by atoms with van der Waals surface area (Å²) in [5, 5.41) is 14.4. The topological polar surface area (TPSA) is 114 Å². The highest BCUT2D eigenvalue weighted by Gasteiger charge is 2.44. The Morgan fingerprint density at radius 1 is 1.13 bits per heavy atom. The van der Waals surface area contributed by atoms with Crippen LogP contribution in [0.4, 0.5) is 4.79 Å². The summed E-state index contributed by atoms with van der Waals surface area (Å²) in [4.78, 5) is 36.3. The van der Waals surface area contributed by atoms with Crippen molar-refractivity contribution in [3.8, 4) is 11.1 Å². The van der Waals surface area contributed by atoms with Gasteiger partial charge in [-0.1, -0.05) is 48.5 Å². The van der Waals surface area contributed by atoms with E-state index in [0.717, 1.165) is 22.3 Å². The summed E-state index contributed by atoms with van der Waals surface area (Å²) in [6, 6.07) is 15.0. The third-order valence-electron chi connectivity index (χ3n) is 5.86. The van der Waals surface area contributed by atoms with E-state index in [-0.39, 0.29) is 32.2 Å². The van der Waals surface area contributed by atoms with E-state index in [0.29, 0.717) is 0 Å². The lowest BCUT2D eigenvalue weighted by Gasteiger charge is -2.25. The van der Waals surface area contributed by atoms with Gasteiger partial charge in [-0.15, -0.1) is 0 Å². The smallest absolute Gasteiger partial charge is 0.407 e. The Balaban J connectivity index is 1.36. The molecule has 2 aliphatic rings. The number of hydrogen-bond acceptors (Lipinski definition) is 5. The summed E-state index contributed by atoms with van der Waals surface area (Å²) in [5.74, 6) is -1.86. The van der Waals surface area contributed by atoms with Crippen molar-refractivity contribution in [1.29, 1.82) is 0 Å². The second-order valence-corrected chi connectivity index (χ2v) is 7.87. The number of rotatable bonds is 6. The average molecular weight is 424 g/mol. The number of carboxylic acids is 1. The molecule has 2 amide bonds. The predicted octanol–water partition coefficient (Wildman–Crippen LogP) is 2.27. The van der Waals surface area contributed by atoms with Gasteiger partial charge in [-0.3, -0.25) is 4.79 Å². The van der Waals surface area contributed by atoms with Gasteiger partial charge in [0, 0.05) is 18.9 Å². The van der Waals surface area contributed by atoms with Crippen LogP contribution in [-0.4, -0.2) is 54.5 Å². The molecule has 1 fully saturated rings. The molecule has 1 heterocycles. The van der Waals surface area contributed by atoms with Gasteiger partial charge in [-0.2, -0.15) is 0 Å². The van der Waals surface area contributed by atoms with Crippen molar-refractivity contribution in [2.75, 3.05) is 19.8 Å². The molecular formula is C23H24N2O6. The van der Waals surface area contributed by atoms with Crippen molar-refractivity contribution in [1.82, 2.24) is 10.6 Å². The Morgan fingerprint density at radius 2 is 1.74 bits per heavy atom. The molecule has 8 heteroatoms. The first-order valence-corrected chi connectivity index (χ1v) is 10.2. The van der Waals surface area contributed by atoms with E-state index < -0.39 is 29.6 Å². The summed E-state index contributed by atoms with van der Waals surface area (Å²) in [6.07, 6.45) is -0.567. The van der Waals surface area contributed by atoms with Gasteiger partial charge < -0.3 is 25.2 Å². The third kappa shape index (κ3) is 3.98. The second-order valence-electron chi connectivity index (χ2n) is 7.87. The van der Waals surface area contributed by atoms with Gasteiger partial charge in [0.25, 0.3) is 0 Å². The molecule has 0 bridgehead atoms. The van der Waals surface area contributed by atoms with E-state index in [1.54, 1.807) is 0 Å². The Kier molecular flexibility index (Phi) is 5.65. The first kappa shape index (κ1) is 20.9. The molecule has 0 spiro atoms. The highest BCUT2D eigenvalue weighted by molar-refractivity contribution is 5.91. The number of nitrogens with one attached hydrogen (secondary N) is 2. The minimum absolute atomic E-state index is 0.0896. The number of hydrogen-bond donors (Lipinski definition) is 3. The number of alkyl carbamates (subject to hydrolysis) is 1. The van der Waals surface area contributed by atoms with Crippen molar-refractivity contribution < 1.29 is 29.0 Å². The summed E-state index contributed by atoms with van der Waals surface area (Å²) < 4.78 is 10.6. The lowest BCUT2D eigenvalue weighted by Crippen LogP contribution is -2.59. The zero-order valence-corrected chi connectivity index (χ0v) is 17.1. The number of carbonyl (C=O) groups is 3. The zero-order valence-electron chi connectivity index (χ0n) is 17.1. The monoisotopic (exact) mass is 424 g/mol. The Labute approximate surface area is 179 Å². The molecule has 2 atom stereocenters. The van der Waals surface area contributed by atoms with Crippen molar-refractivity contribution in [2.45, 2.75) is 30.8 Å². The minimum Gasteiger partial charge on any atom is -0.479 e. The minimum atomic E-state index is -1.46. The van der Waals surface area contributed by atoms with Crippen LogP contribution in [0.3, 0.4) is 0 Å². The number of ether oxygens (including phenoxy) is 2. The van der Waals surface area contributed by atoms with Crippen LogP contribution in [0, 0.1) is 0 Å². The number of carbonyl (C=O) groups excluding carboxylic acids is 2. The first-order valence-electron chi connectivity index (χ1n) is 10.2. The summed E-state index contributed by atoms with van der Waals surface area (Å²) in [7, 11) is 0. The molecule has 2 aromatic carbocycles. The second kappa shape index (κ2) is 8.39. The number of carboxylic acid groups (broad SMARTS) is 1. The Morgan fingerprint density at radius 3 is 2.29 bits per heavy atom. The van der Waals surface area contributed by atoms with Gasteiger partial charge in [-0.05, 0) is 29.2 Å². The maximum absolute atomic E-state index is 12.4. The predicted molar refractivity (Wildman–Crippen MR) is 112 cm³/mol. The first-order chi connectivity index (χ1) is 14.9. The molecule has 1 aliphatic carbocycles. The van der Waals surface area contributed by atoms with E-state index in [1.165, 1.54) is 6.92 Å². The van der Waals surface area contributed by atoms with Crippen LogP contribution in [0.15, 0.2) is 48.5 Å². The molecule has 0 aromatic heterocycles. The Bertz CT molecular complexity index is 969. The fraction of sp³-hybridized carbons (Fsp3) is 0.348. The van der Waals surface area contributed by atoms with Gasteiger partial charge in [0.1, 0.15) is 12.6 Å². The van der Waals surface area contributed by atoms with Crippen LogP contribution in [0.2, 0.25) is 0 Å². The van der Waals surface area contributed by atoms with Crippen molar-refractivity contribution in [3.05, 3.63) is 59.7 Å². The number of benzene rings is 2. The lowest BCUT2D eigenvalue weighted by molar-refractivity contribution is -0.147. The molecule has 1 unspecified atom stereocenters. The van der Waals surface area contributed by atoms with Crippen LogP contribution >= 0.6 is 0 Å². The van der Waals surface area contributed by atoms with Gasteiger partial charge >= 0.3 is 12.1 Å². The van der Waals surface area contributed by atoms with Gasteiger partial charge in [0.2, 0.25) is 5.91 Å². The highest BCUT2D eigenvalue weighted by atomic mass is 16.5. The molecule has 2 aromatic rings. The highest BCUT2D eigenvalue weighted by Crippen LogP contribution is 2.44. The molecule has 1 saturated heterocycles. The van der Waals surface area contributed by atoms with Crippen LogP contribution in [-0.2, 0) is 19.1 Å². The van der Waals surface area contributed by atoms with Crippen LogP contribution in [0.5, 0.6) is 0 Å². The standard InChI is InChI=1S/C23H24N2O6/c1-14(20(26)25-23(21(27)28)10-11-30-13-23)24-22(29)31-12-19-17-8-4-2-6-15(17)16-7-3-5-9-18(16)19/h2-9,14,19H,10-13H2,1H3,(H,24,29)(H,25,26)(H,27,28)/t14-,23?/m0/s1. The quantitative estimate of drug-likeness (QED) is 0.656. The number of aliphatic carboxylic acids is 1. The molecule has 0 radical (unpaired) electrons. The van der Waals surface area contributed by atoms with E-state index in [9.17, 15) is 19.5 Å². The normalized spacial score (nSPS) is 20.4. The van der Waals surface area contributed by atoms with E-state index in [2.05, 4.69) is 10.6 Å². The van der Waals surface area contributed by atoms with E-state index in [1.807, 2.05) is 48.5 Å². The maximum Gasteiger partial charge on any atom is 0.407 e. The SMILES string of the molecule is C[C@H](NC(=O)OCC1c2ccccc2-c2ccccc21)C(=O)NC1(C(=O)O)CCOC1. The number of amides is 2. The largest absolute Gasteiger partial charge is 0.479 e. The van der Waals surface area contributed by atoms with Gasteiger partial charge in [0.15, 0.2) is 5.54 Å². The maximum atomic E-state index is 12.4. The molecule has 162 valence electrons. The Hall–Kier alpha value is -3.39. The molecule has 1 aliphatic heterocycles. The molecule has 0 saturated carbocycles. The molecule has 8 nitrogen and oxygen atoms in total. The van der Waals surface area contributed by atoms with E-state index in [4.69, 9.17) is 9.47 Å². The fourth-order valence-corrected chi connectivity index (χ4v) is 4.11. The molecule has 4 rings (SSSR count). The zero-order chi connectivity index (χ0) is 22.0. The van der Waals surface area contributed by atoms with Gasteiger partial charge in [-0.25, -0.2) is 9.59 Å². The van der Waals surface area contributed by atoms with Crippen molar-refractivity contribution in [3.63, 3.8) is 0 Å². The van der Waals surface area contributed by atoms with Crippen LogP contribution in [0.1, 0.15) is 30.4 Å². The summed E-state index contributed by atoms with van der Waals surface area (Å²) >= 11 is 0. The third-order valence-corrected chi connectivity index (χ3v) is 5.86. The molecular weight excluding hydrogens is 400 g/mol. The van der Waals surface area contributed by atoms with Crippen LogP contribution in [0.25, 0.3) is 11.1 Å². The van der Waals surface area contributed by atoms with Gasteiger partial charge in [0.05, 0.1) is 6.61 Å². The number of fused-ring (bicyclic) bond motifs is 3. The lowest BCUT2D eigenvalue weighted by atomic mass is 9.98. The fourth-order valence-electron chi connectivity index (χ4n) is 4.11. The van der Waals surface area contributed by atoms with Crippen LogP contribution < -0.4 is 10.6 Å². The average Bonchev–Trinajstić information content (AvgIpc) is 3.36. The van der Waals surface area contributed by atoms with E-state index >= 15 is 0 Å². The van der Waals surface area contributed by atoms with Crippen molar-refractivity contribution >= 4 is 18.0 Å². The van der Waals surface area contributed by atoms with Crippen molar-refractivity contribution in [2.24, 2.45) is 0 Å². The molecule has 31 heavy (non-hydrogen) atoms. The summed E-state index contributed by atoms with van der Waals surface area (Å²) in [5.41, 5.74) is 2.96. The summed E-state index contributed by atoms with van der Waals surface area (Å²) in [6.45, 7) is 1.75.